The summed E-state index contributed by atoms with van der Waals surface area (Å²) >= 11 is 0. The van der Waals surface area contributed by atoms with Crippen molar-refractivity contribution in [3.63, 3.8) is 0 Å². The van der Waals surface area contributed by atoms with E-state index in [1.807, 2.05) is 26.2 Å². The number of anilines is 1. The van der Waals surface area contributed by atoms with Gasteiger partial charge in [-0.2, -0.15) is 5.26 Å². The number of nitrogens with two attached hydrogens (primary N) is 1. The van der Waals surface area contributed by atoms with Crippen LogP contribution >= 0.6 is 0 Å². The van der Waals surface area contributed by atoms with Crippen molar-refractivity contribution in [3.8, 4) is 6.07 Å². The SMILES string of the molecule is CC(C)C(CN(C)C)n1c(N)nc2c(C#N)cccc21. The zero-order valence-corrected chi connectivity index (χ0v) is 12.5. The van der Waals surface area contributed by atoms with E-state index >= 15 is 0 Å². The van der Waals surface area contributed by atoms with Crippen LogP contribution in [0.1, 0.15) is 25.5 Å². The van der Waals surface area contributed by atoms with E-state index in [9.17, 15) is 5.26 Å². The molecule has 2 N–H and O–H groups in total. The number of aromatic nitrogens is 2. The van der Waals surface area contributed by atoms with Crippen molar-refractivity contribution in [2.45, 2.75) is 19.9 Å². The van der Waals surface area contributed by atoms with E-state index in [-0.39, 0.29) is 6.04 Å². The number of para-hydroxylation sites is 1. The lowest BCUT2D eigenvalue weighted by atomic mass is 10.0. The second-order valence-corrected chi connectivity index (χ2v) is 5.70. The first-order valence-corrected chi connectivity index (χ1v) is 6.77. The highest BCUT2D eigenvalue weighted by atomic mass is 15.2. The van der Waals surface area contributed by atoms with Gasteiger partial charge in [-0.05, 0) is 32.1 Å². The van der Waals surface area contributed by atoms with Gasteiger partial charge in [-0.3, -0.25) is 0 Å². The molecule has 0 aliphatic heterocycles. The number of benzene rings is 1. The summed E-state index contributed by atoms with van der Waals surface area (Å²) in [5.41, 5.74) is 8.31. The van der Waals surface area contributed by atoms with E-state index in [1.165, 1.54) is 0 Å². The summed E-state index contributed by atoms with van der Waals surface area (Å²) in [6, 6.07) is 8.03. The highest BCUT2D eigenvalue weighted by Gasteiger charge is 2.22. The third-order valence-electron chi connectivity index (χ3n) is 3.52. The van der Waals surface area contributed by atoms with Gasteiger partial charge in [-0.25, -0.2) is 4.98 Å². The van der Waals surface area contributed by atoms with E-state index in [1.54, 1.807) is 6.07 Å². The zero-order chi connectivity index (χ0) is 14.9. The Morgan fingerprint density at radius 1 is 1.40 bits per heavy atom. The minimum absolute atomic E-state index is 0.226. The van der Waals surface area contributed by atoms with Crippen LogP contribution < -0.4 is 5.73 Å². The van der Waals surface area contributed by atoms with Gasteiger partial charge >= 0.3 is 0 Å². The molecule has 0 aliphatic rings. The number of likely N-dealkylation sites (N-methyl/N-ethyl adjacent to an activating group) is 1. The second kappa shape index (κ2) is 5.51. The van der Waals surface area contributed by atoms with Crippen LogP contribution in [0, 0.1) is 17.2 Å². The number of nitrogens with zero attached hydrogens (tertiary/aromatic N) is 4. The Bertz CT molecular complexity index is 648. The Labute approximate surface area is 119 Å². The molecular formula is C15H21N5. The lowest BCUT2D eigenvalue weighted by Crippen LogP contribution is -2.28. The predicted molar refractivity (Wildman–Crippen MR) is 81.3 cm³/mol. The van der Waals surface area contributed by atoms with E-state index in [0.29, 0.717) is 22.9 Å². The van der Waals surface area contributed by atoms with Crippen LogP contribution in [-0.4, -0.2) is 35.1 Å². The summed E-state index contributed by atoms with van der Waals surface area (Å²) in [7, 11) is 4.09. The van der Waals surface area contributed by atoms with Crippen molar-refractivity contribution in [1.82, 2.24) is 14.5 Å². The van der Waals surface area contributed by atoms with Crippen LogP contribution in [0.2, 0.25) is 0 Å². The average molecular weight is 271 g/mol. The van der Waals surface area contributed by atoms with Crippen molar-refractivity contribution < 1.29 is 0 Å². The fourth-order valence-electron chi connectivity index (χ4n) is 2.54. The summed E-state index contributed by atoms with van der Waals surface area (Å²) < 4.78 is 2.06. The summed E-state index contributed by atoms with van der Waals surface area (Å²) in [6.07, 6.45) is 0. The summed E-state index contributed by atoms with van der Waals surface area (Å²) in [6.45, 7) is 5.23. The second-order valence-electron chi connectivity index (χ2n) is 5.70. The van der Waals surface area contributed by atoms with Gasteiger partial charge in [0, 0.05) is 6.54 Å². The number of imidazole rings is 1. The first kappa shape index (κ1) is 14.4. The molecule has 20 heavy (non-hydrogen) atoms. The maximum Gasteiger partial charge on any atom is 0.201 e. The number of nitrogen functional groups attached to an aromatic ring is 1. The van der Waals surface area contributed by atoms with Gasteiger partial charge in [0.15, 0.2) is 0 Å². The molecule has 1 heterocycles. The van der Waals surface area contributed by atoms with Crippen LogP contribution in [0.4, 0.5) is 5.95 Å². The molecule has 0 amide bonds. The van der Waals surface area contributed by atoms with Crippen LogP contribution in [-0.2, 0) is 0 Å². The fourth-order valence-corrected chi connectivity index (χ4v) is 2.54. The van der Waals surface area contributed by atoms with Gasteiger partial charge in [0.25, 0.3) is 0 Å². The Morgan fingerprint density at radius 2 is 2.10 bits per heavy atom. The standard InChI is InChI=1S/C15H21N5/c1-10(2)13(9-19(3)4)20-12-7-5-6-11(8-16)14(12)18-15(20)17/h5-7,10,13H,9H2,1-4H3,(H2,17,18). The Hall–Kier alpha value is -2.06. The van der Waals surface area contributed by atoms with Gasteiger partial charge in [0.2, 0.25) is 5.95 Å². The number of nitriles is 1. The van der Waals surface area contributed by atoms with Crippen molar-refractivity contribution in [1.29, 1.82) is 5.26 Å². The van der Waals surface area contributed by atoms with E-state index in [4.69, 9.17) is 5.73 Å². The molecule has 0 fully saturated rings. The molecule has 2 rings (SSSR count). The zero-order valence-electron chi connectivity index (χ0n) is 12.5. The van der Waals surface area contributed by atoms with Crippen LogP contribution in [0.15, 0.2) is 18.2 Å². The molecule has 0 bridgehead atoms. The topological polar surface area (TPSA) is 70.9 Å². The number of hydrogen-bond donors (Lipinski definition) is 1. The monoisotopic (exact) mass is 271 g/mol. The minimum Gasteiger partial charge on any atom is -0.369 e. The third kappa shape index (κ3) is 2.47. The predicted octanol–water partition coefficient (Wildman–Crippen LogP) is 2.25. The summed E-state index contributed by atoms with van der Waals surface area (Å²) in [4.78, 5) is 6.54. The van der Waals surface area contributed by atoms with E-state index in [2.05, 4.69) is 34.4 Å². The van der Waals surface area contributed by atoms with Gasteiger partial charge < -0.3 is 15.2 Å². The van der Waals surface area contributed by atoms with Crippen molar-refractivity contribution in [3.05, 3.63) is 23.8 Å². The molecule has 1 aromatic carbocycles. The lowest BCUT2D eigenvalue weighted by Gasteiger charge is -2.27. The van der Waals surface area contributed by atoms with Crippen molar-refractivity contribution in [2.24, 2.45) is 5.92 Å². The van der Waals surface area contributed by atoms with Gasteiger partial charge in [0.05, 0.1) is 17.1 Å². The maximum atomic E-state index is 9.18. The molecule has 0 aliphatic carbocycles. The Balaban J connectivity index is 2.64. The molecule has 0 saturated carbocycles. The molecule has 0 radical (unpaired) electrons. The number of hydrogen-bond acceptors (Lipinski definition) is 4. The smallest absolute Gasteiger partial charge is 0.201 e. The molecule has 106 valence electrons. The molecule has 1 aromatic heterocycles. The highest BCUT2D eigenvalue weighted by molar-refractivity contribution is 5.84. The molecule has 5 heteroatoms. The van der Waals surface area contributed by atoms with Crippen molar-refractivity contribution >= 4 is 17.0 Å². The number of rotatable bonds is 4. The molecule has 1 unspecified atom stereocenters. The van der Waals surface area contributed by atoms with Gasteiger partial charge in [-0.1, -0.05) is 19.9 Å². The average Bonchev–Trinajstić information content (AvgIpc) is 2.71. The molecular weight excluding hydrogens is 250 g/mol. The lowest BCUT2D eigenvalue weighted by molar-refractivity contribution is 0.275. The Morgan fingerprint density at radius 3 is 2.65 bits per heavy atom. The Kier molecular flexibility index (Phi) is 3.96. The highest BCUT2D eigenvalue weighted by Crippen LogP contribution is 2.29. The van der Waals surface area contributed by atoms with E-state index in [0.717, 1.165) is 12.1 Å². The van der Waals surface area contributed by atoms with Gasteiger partial charge in [-0.15, -0.1) is 0 Å². The fraction of sp³-hybridized carbons (Fsp3) is 0.467. The first-order valence-electron chi connectivity index (χ1n) is 6.77. The third-order valence-corrected chi connectivity index (χ3v) is 3.52. The summed E-state index contributed by atoms with van der Waals surface area (Å²) in [5.74, 6) is 0.895. The maximum absolute atomic E-state index is 9.18. The van der Waals surface area contributed by atoms with Crippen molar-refractivity contribution in [2.75, 3.05) is 26.4 Å². The molecule has 2 aromatic rings. The first-order chi connectivity index (χ1) is 9.45. The van der Waals surface area contributed by atoms with E-state index < -0.39 is 0 Å². The largest absolute Gasteiger partial charge is 0.369 e. The number of fused-ring (bicyclic) bond motifs is 1. The minimum atomic E-state index is 0.226. The molecule has 1 atom stereocenters. The molecule has 5 nitrogen and oxygen atoms in total. The quantitative estimate of drug-likeness (QED) is 0.925. The van der Waals surface area contributed by atoms with Crippen LogP contribution in [0.3, 0.4) is 0 Å². The molecule has 0 spiro atoms. The molecule has 0 saturated heterocycles. The summed E-state index contributed by atoms with van der Waals surface area (Å²) in [5, 5.41) is 9.18. The van der Waals surface area contributed by atoms with Crippen LogP contribution in [0.5, 0.6) is 0 Å². The van der Waals surface area contributed by atoms with Crippen LogP contribution in [0.25, 0.3) is 11.0 Å². The normalized spacial score (nSPS) is 13.1. The van der Waals surface area contributed by atoms with Gasteiger partial charge in [0.1, 0.15) is 11.6 Å².